The summed E-state index contributed by atoms with van der Waals surface area (Å²) in [5.74, 6) is 0.607. The van der Waals surface area contributed by atoms with Crippen LogP contribution in [0, 0.1) is 13.8 Å². The van der Waals surface area contributed by atoms with Crippen LogP contribution in [0.4, 0.5) is 0 Å². The predicted octanol–water partition coefficient (Wildman–Crippen LogP) is 5.11. The SMILES string of the molecule is Cc1cc(OCP(=O)(O)O)cc(C)c1-c1cccc2c(Br)c(O)ccc12. The number of rotatable bonds is 4. The fourth-order valence-electron chi connectivity index (χ4n) is 3.12. The summed E-state index contributed by atoms with van der Waals surface area (Å²) in [6.45, 7) is 3.86. The van der Waals surface area contributed by atoms with Crippen molar-refractivity contribution in [3.63, 3.8) is 0 Å². The number of halogens is 1. The fraction of sp³-hybridized carbons (Fsp3) is 0.158. The quantitative estimate of drug-likeness (QED) is 0.494. The molecule has 3 aromatic carbocycles. The largest absolute Gasteiger partial charge is 0.507 e. The van der Waals surface area contributed by atoms with Gasteiger partial charge in [0, 0.05) is 5.39 Å². The molecule has 5 nitrogen and oxygen atoms in total. The molecule has 0 amide bonds. The molecule has 0 aromatic heterocycles. The molecule has 26 heavy (non-hydrogen) atoms. The number of aromatic hydroxyl groups is 1. The minimum absolute atomic E-state index is 0.185. The highest BCUT2D eigenvalue weighted by Gasteiger charge is 2.16. The molecule has 0 aliphatic carbocycles. The van der Waals surface area contributed by atoms with Gasteiger partial charge in [0.2, 0.25) is 0 Å². The molecule has 0 radical (unpaired) electrons. The van der Waals surface area contributed by atoms with Crippen LogP contribution >= 0.6 is 23.5 Å². The van der Waals surface area contributed by atoms with Gasteiger partial charge in [0.25, 0.3) is 0 Å². The highest BCUT2D eigenvalue weighted by Crippen LogP contribution is 2.40. The smallest absolute Gasteiger partial charge is 0.362 e. The van der Waals surface area contributed by atoms with Crippen molar-refractivity contribution in [3.8, 4) is 22.6 Å². The average Bonchev–Trinajstić information content (AvgIpc) is 2.55. The van der Waals surface area contributed by atoms with Crippen molar-refractivity contribution >= 4 is 34.3 Å². The van der Waals surface area contributed by atoms with E-state index in [-0.39, 0.29) is 5.75 Å². The maximum absolute atomic E-state index is 11.0. The highest BCUT2D eigenvalue weighted by atomic mass is 79.9. The summed E-state index contributed by atoms with van der Waals surface area (Å²) in [6, 6.07) is 12.9. The second kappa shape index (κ2) is 7.05. The van der Waals surface area contributed by atoms with Crippen LogP contribution in [-0.4, -0.2) is 21.2 Å². The summed E-state index contributed by atoms with van der Waals surface area (Å²) in [4.78, 5) is 18.0. The molecule has 0 aliphatic heterocycles. The Morgan fingerprint density at radius 3 is 2.31 bits per heavy atom. The standard InChI is InChI=1S/C19H18BrO5P/c1-11-8-13(25-10-26(22,23)24)9-12(2)18(11)15-4-3-5-16-14(15)6-7-17(21)19(16)20/h3-9,21H,10H2,1-2H3,(H2,22,23,24). The van der Waals surface area contributed by atoms with Gasteiger partial charge >= 0.3 is 7.60 Å². The van der Waals surface area contributed by atoms with E-state index in [9.17, 15) is 9.67 Å². The third-order valence-corrected chi connectivity index (χ3v) is 5.45. The first kappa shape index (κ1) is 18.9. The molecule has 0 fully saturated rings. The molecule has 0 spiro atoms. The Morgan fingerprint density at radius 2 is 1.69 bits per heavy atom. The molecule has 3 N–H and O–H groups in total. The summed E-state index contributed by atoms with van der Waals surface area (Å²) in [5, 5.41) is 11.8. The normalized spacial score (nSPS) is 11.7. The molecule has 3 rings (SSSR count). The molecule has 136 valence electrons. The van der Waals surface area contributed by atoms with Gasteiger partial charge in [-0.2, -0.15) is 0 Å². The van der Waals surface area contributed by atoms with Crippen molar-refractivity contribution in [1.29, 1.82) is 0 Å². The Kier molecular flexibility index (Phi) is 5.13. The first-order chi connectivity index (χ1) is 12.2. The Labute approximate surface area is 159 Å². The first-order valence-electron chi connectivity index (χ1n) is 7.86. The lowest BCUT2D eigenvalue weighted by atomic mass is 9.91. The van der Waals surface area contributed by atoms with Crippen molar-refractivity contribution in [2.75, 3.05) is 6.35 Å². The maximum atomic E-state index is 11.0. The number of hydrogen-bond donors (Lipinski definition) is 3. The van der Waals surface area contributed by atoms with Gasteiger partial charge in [-0.3, -0.25) is 4.57 Å². The van der Waals surface area contributed by atoms with E-state index in [4.69, 9.17) is 14.5 Å². The van der Waals surface area contributed by atoms with Crippen molar-refractivity contribution in [2.24, 2.45) is 0 Å². The van der Waals surface area contributed by atoms with Crippen LogP contribution in [0.25, 0.3) is 21.9 Å². The van der Waals surface area contributed by atoms with Crippen molar-refractivity contribution in [3.05, 3.63) is 58.1 Å². The third-order valence-electron chi connectivity index (χ3n) is 4.15. The van der Waals surface area contributed by atoms with E-state index < -0.39 is 13.9 Å². The zero-order valence-corrected chi connectivity index (χ0v) is 16.7. The zero-order chi connectivity index (χ0) is 19.1. The molecule has 0 bridgehead atoms. The number of aryl methyl sites for hydroxylation is 2. The molecule has 7 heteroatoms. The van der Waals surface area contributed by atoms with Crippen LogP contribution in [0.3, 0.4) is 0 Å². The summed E-state index contributed by atoms with van der Waals surface area (Å²) >= 11 is 3.43. The van der Waals surface area contributed by atoms with E-state index in [1.807, 2.05) is 38.1 Å². The molecule has 0 saturated heterocycles. The molecule has 0 heterocycles. The summed E-state index contributed by atoms with van der Waals surface area (Å²) in [7, 11) is -4.23. The Bertz CT molecular complexity index is 1020. The van der Waals surface area contributed by atoms with E-state index >= 15 is 0 Å². The molecule has 0 saturated carbocycles. The van der Waals surface area contributed by atoms with E-state index in [0.29, 0.717) is 10.2 Å². The van der Waals surface area contributed by atoms with Gasteiger partial charge in [-0.05, 0) is 75.6 Å². The van der Waals surface area contributed by atoms with Crippen molar-refractivity contribution in [2.45, 2.75) is 13.8 Å². The topological polar surface area (TPSA) is 87.0 Å². The van der Waals surface area contributed by atoms with Crippen LogP contribution in [-0.2, 0) is 4.57 Å². The van der Waals surface area contributed by atoms with Crippen LogP contribution in [0.15, 0.2) is 46.9 Å². The Hall–Kier alpha value is -1.85. The molecule has 0 aliphatic rings. The van der Waals surface area contributed by atoms with Gasteiger partial charge in [-0.15, -0.1) is 0 Å². The number of benzene rings is 3. The predicted molar refractivity (Wildman–Crippen MR) is 106 cm³/mol. The van der Waals surface area contributed by atoms with E-state index in [1.165, 1.54) is 0 Å². The van der Waals surface area contributed by atoms with Gasteiger partial charge < -0.3 is 19.6 Å². The average molecular weight is 437 g/mol. The van der Waals surface area contributed by atoms with Gasteiger partial charge in [0.05, 0.1) is 4.47 Å². The number of phenols is 1. The number of hydrogen-bond acceptors (Lipinski definition) is 3. The van der Waals surface area contributed by atoms with E-state index in [2.05, 4.69) is 15.9 Å². The molecular formula is C19H18BrO5P. The summed E-state index contributed by atoms with van der Waals surface area (Å²) in [6.07, 6.45) is -0.647. The summed E-state index contributed by atoms with van der Waals surface area (Å²) in [5.41, 5.74) is 3.90. The lowest BCUT2D eigenvalue weighted by Crippen LogP contribution is -2.00. The minimum atomic E-state index is -4.23. The fourth-order valence-corrected chi connectivity index (χ4v) is 3.91. The van der Waals surface area contributed by atoms with Crippen LogP contribution in [0.1, 0.15) is 11.1 Å². The van der Waals surface area contributed by atoms with E-state index in [1.54, 1.807) is 18.2 Å². The number of ether oxygens (including phenoxy) is 1. The lowest BCUT2D eigenvalue weighted by Gasteiger charge is -2.16. The van der Waals surface area contributed by atoms with Gasteiger partial charge in [-0.1, -0.05) is 24.3 Å². The van der Waals surface area contributed by atoms with Crippen LogP contribution in [0.5, 0.6) is 11.5 Å². The third kappa shape index (κ3) is 3.79. The highest BCUT2D eigenvalue weighted by molar-refractivity contribution is 9.10. The Balaban J connectivity index is 2.12. The van der Waals surface area contributed by atoms with Crippen LogP contribution in [0.2, 0.25) is 0 Å². The van der Waals surface area contributed by atoms with Crippen LogP contribution < -0.4 is 4.74 Å². The van der Waals surface area contributed by atoms with Gasteiger partial charge in [0.1, 0.15) is 11.5 Å². The molecular weight excluding hydrogens is 419 g/mol. The first-order valence-corrected chi connectivity index (χ1v) is 10.5. The minimum Gasteiger partial charge on any atom is -0.507 e. The number of phenolic OH excluding ortho intramolecular Hbond substituents is 1. The van der Waals surface area contributed by atoms with E-state index in [0.717, 1.165) is 33.0 Å². The monoisotopic (exact) mass is 436 g/mol. The second-order valence-corrected chi connectivity index (χ2v) is 8.55. The maximum Gasteiger partial charge on any atom is 0.362 e. The van der Waals surface area contributed by atoms with Gasteiger partial charge in [-0.25, -0.2) is 0 Å². The second-order valence-electron chi connectivity index (χ2n) is 6.17. The van der Waals surface area contributed by atoms with Crippen molar-refractivity contribution < 1.29 is 24.2 Å². The molecule has 0 unspecified atom stereocenters. The Morgan fingerprint density at radius 1 is 1.04 bits per heavy atom. The van der Waals surface area contributed by atoms with Gasteiger partial charge in [0.15, 0.2) is 6.35 Å². The van der Waals surface area contributed by atoms with Crippen molar-refractivity contribution in [1.82, 2.24) is 0 Å². The number of fused-ring (bicyclic) bond motifs is 1. The lowest BCUT2D eigenvalue weighted by molar-refractivity contribution is 0.300. The molecule has 3 aromatic rings. The summed E-state index contributed by atoms with van der Waals surface area (Å²) < 4.78 is 16.9. The zero-order valence-electron chi connectivity index (χ0n) is 14.2. The molecule has 0 atom stereocenters.